The second kappa shape index (κ2) is 3.77. The fourth-order valence-electron chi connectivity index (χ4n) is 2.02. The van der Waals surface area contributed by atoms with Crippen LogP contribution >= 0.6 is 0 Å². The van der Waals surface area contributed by atoms with Crippen molar-refractivity contribution >= 4 is 11.0 Å². The zero-order chi connectivity index (χ0) is 12.7. The molecule has 0 aliphatic carbocycles. The molecule has 0 saturated heterocycles. The van der Waals surface area contributed by atoms with E-state index in [4.69, 9.17) is 0 Å². The Bertz CT molecular complexity index is 732. The maximum Gasteiger partial charge on any atom is 0.142 e. The van der Waals surface area contributed by atoms with Gasteiger partial charge in [-0.05, 0) is 30.7 Å². The Balaban J connectivity index is 2.23. The highest BCUT2D eigenvalue weighted by molar-refractivity contribution is 5.83. The summed E-state index contributed by atoms with van der Waals surface area (Å²) in [5.41, 5.74) is 3.47. The smallest absolute Gasteiger partial charge is 0.142 e. The van der Waals surface area contributed by atoms with E-state index in [2.05, 4.69) is 9.97 Å². The molecular formula is C14H12N2O2. The van der Waals surface area contributed by atoms with Crippen molar-refractivity contribution in [1.82, 2.24) is 9.97 Å². The van der Waals surface area contributed by atoms with Gasteiger partial charge in [0.25, 0.3) is 0 Å². The molecule has 3 rings (SSSR count). The van der Waals surface area contributed by atoms with Crippen molar-refractivity contribution in [1.29, 1.82) is 0 Å². The first-order chi connectivity index (χ1) is 8.65. The molecule has 3 aromatic rings. The molecule has 0 aliphatic rings. The lowest BCUT2D eigenvalue weighted by atomic mass is 10.2. The van der Waals surface area contributed by atoms with E-state index in [0.29, 0.717) is 11.4 Å². The van der Waals surface area contributed by atoms with Crippen LogP contribution in [0.15, 0.2) is 36.4 Å². The summed E-state index contributed by atoms with van der Waals surface area (Å²) < 4.78 is 0. The van der Waals surface area contributed by atoms with E-state index in [1.54, 1.807) is 6.07 Å². The average molecular weight is 240 g/mol. The van der Waals surface area contributed by atoms with Gasteiger partial charge >= 0.3 is 0 Å². The predicted octanol–water partition coefficient (Wildman–Crippen LogP) is 2.95. The van der Waals surface area contributed by atoms with Crippen LogP contribution in [0, 0.1) is 6.92 Å². The number of hydrogen-bond acceptors (Lipinski definition) is 3. The number of benzene rings is 2. The zero-order valence-corrected chi connectivity index (χ0v) is 9.81. The topological polar surface area (TPSA) is 69.1 Å². The van der Waals surface area contributed by atoms with Crippen LogP contribution in [0.5, 0.6) is 11.5 Å². The summed E-state index contributed by atoms with van der Waals surface area (Å²) in [4.78, 5) is 7.64. The first kappa shape index (κ1) is 10.7. The van der Waals surface area contributed by atoms with Crippen molar-refractivity contribution in [3.63, 3.8) is 0 Å². The minimum absolute atomic E-state index is 0.00621. The lowest BCUT2D eigenvalue weighted by Gasteiger charge is -2.01. The number of rotatable bonds is 1. The third kappa shape index (κ3) is 1.59. The Hall–Kier alpha value is -2.49. The Morgan fingerprint density at radius 1 is 1.11 bits per heavy atom. The molecule has 4 heteroatoms. The number of aromatic amines is 1. The van der Waals surface area contributed by atoms with Crippen LogP contribution in [0.1, 0.15) is 5.56 Å². The van der Waals surface area contributed by atoms with Crippen LogP contribution < -0.4 is 0 Å². The fourth-order valence-corrected chi connectivity index (χ4v) is 2.02. The third-order valence-electron chi connectivity index (χ3n) is 2.95. The Labute approximate surface area is 104 Å². The van der Waals surface area contributed by atoms with Crippen LogP contribution in [-0.4, -0.2) is 20.2 Å². The van der Waals surface area contributed by atoms with Gasteiger partial charge in [-0.1, -0.05) is 12.1 Å². The molecule has 1 heterocycles. The van der Waals surface area contributed by atoms with E-state index in [1.807, 2.05) is 25.1 Å². The van der Waals surface area contributed by atoms with Crippen molar-refractivity contribution in [3.8, 4) is 22.9 Å². The monoisotopic (exact) mass is 240 g/mol. The largest absolute Gasteiger partial charge is 0.508 e. The molecule has 0 bridgehead atoms. The maximum absolute atomic E-state index is 9.82. The Morgan fingerprint density at radius 2 is 1.94 bits per heavy atom. The van der Waals surface area contributed by atoms with Gasteiger partial charge in [0.1, 0.15) is 17.3 Å². The van der Waals surface area contributed by atoms with E-state index in [9.17, 15) is 10.2 Å². The van der Waals surface area contributed by atoms with Gasteiger partial charge in [0.05, 0.1) is 16.6 Å². The lowest BCUT2D eigenvalue weighted by Crippen LogP contribution is -1.81. The highest BCUT2D eigenvalue weighted by Crippen LogP contribution is 2.31. The molecule has 0 spiro atoms. The van der Waals surface area contributed by atoms with Crippen molar-refractivity contribution in [3.05, 3.63) is 42.0 Å². The van der Waals surface area contributed by atoms with Gasteiger partial charge in [0.2, 0.25) is 0 Å². The molecule has 90 valence electrons. The molecule has 1 aromatic heterocycles. The summed E-state index contributed by atoms with van der Waals surface area (Å²) in [6, 6.07) is 10.3. The predicted molar refractivity (Wildman–Crippen MR) is 69.6 cm³/mol. The first-order valence-electron chi connectivity index (χ1n) is 5.63. The molecule has 18 heavy (non-hydrogen) atoms. The zero-order valence-electron chi connectivity index (χ0n) is 9.81. The molecule has 0 amide bonds. The summed E-state index contributed by atoms with van der Waals surface area (Å²) in [7, 11) is 0. The van der Waals surface area contributed by atoms with Gasteiger partial charge in [-0.2, -0.15) is 0 Å². The molecule has 0 atom stereocenters. The molecule has 3 N–H and O–H groups in total. The number of hydrogen-bond donors (Lipinski definition) is 3. The summed E-state index contributed by atoms with van der Waals surface area (Å²) >= 11 is 0. The number of imidazole rings is 1. The van der Waals surface area contributed by atoms with Gasteiger partial charge in [-0.3, -0.25) is 0 Å². The van der Waals surface area contributed by atoms with Gasteiger partial charge in [-0.25, -0.2) is 4.98 Å². The standard InChI is InChI=1S/C14H12N2O2/c1-8-3-2-4-11-13(8)16-14(15-11)10-6-5-9(17)7-12(10)18/h2-7,17-18H,1H3,(H,15,16). The molecule has 0 saturated carbocycles. The van der Waals surface area contributed by atoms with Gasteiger partial charge < -0.3 is 15.2 Å². The van der Waals surface area contributed by atoms with Crippen molar-refractivity contribution in [2.45, 2.75) is 6.92 Å². The molecule has 0 aliphatic heterocycles. The van der Waals surface area contributed by atoms with Crippen LogP contribution in [0.2, 0.25) is 0 Å². The maximum atomic E-state index is 9.82. The third-order valence-corrected chi connectivity index (χ3v) is 2.95. The molecule has 2 aromatic carbocycles. The van der Waals surface area contributed by atoms with E-state index in [1.165, 1.54) is 12.1 Å². The molecule has 0 unspecified atom stereocenters. The number of phenols is 2. The van der Waals surface area contributed by atoms with Crippen molar-refractivity contribution < 1.29 is 10.2 Å². The number of nitrogens with one attached hydrogen (secondary N) is 1. The number of aromatic nitrogens is 2. The molecule has 0 radical (unpaired) electrons. The summed E-state index contributed by atoms with van der Waals surface area (Å²) in [6.45, 7) is 1.99. The first-order valence-corrected chi connectivity index (χ1v) is 5.63. The quantitative estimate of drug-likeness (QED) is 0.612. The Kier molecular flexibility index (Phi) is 2.23. The normalized spacial score (nSPS) is 10.9. The second-order valence-electron chi connectivity index (χ2n) is 4.26. The Morgan fingerprint density at radius 3 is 2.67 bits per heavy atom. The van der Waals surface area contributed by atoms with Crippen molar-refractivity contribution in [2.75, 3.05) is 0 Å². The second-order valence-corrected chi connectivity index (χ2v) is 4.26. The fraction of sp³-hybridized carbons (Fsp3) is 0.0714. The number of phenolic OH excluding ortho intramolecular Hbond substituents is 2. The lowest BCUT2D eigenvalue weighted by molar-refractivity contribution is 0.451. The number of H-pyrrole nitrogens is 1. The van der Waals surface area contributed by atoms with Crippen LogP contribution in [-0.2, 0) is 0 Å². The molecular weight excluding hydrogens is 228 g/mol. The highest BCUT2D eigenvalue weighted by atomic mass is 16.3. The minimum Gasteiger partial charge on any atom is -0.508 e. The number of fused-ring (bicyclic) bond motifs is 1. The summed E-state index contributed by atoms with van der Waals surface area (Å²) in [5.74, 6) is 0.632. The van der Waals surface area contributed by atoms with Gasteiger partial charge in [0.15, 0.2) is 0 Å². The molecule has 0 fully saturated rings. The molecule has 4 nitrogen and oxygen atoms in total. The van der Waals surface area contributed by atoms with Crippen LogP contribution in [0.25, 0.3) is 22.4 Å². The van der Waals surface area contributed by atoms with E-state index >= 15 is 0 Å². The number of aromatic hydroxyl groups is 2. The number of para-hydroxylation sites is 1. The van der Waals surface area contributed by atoms with E-state index in [0.717, 1.165) is 16.6 Å². The summed E-state index contributed by atoms with van der Waals surface area (Å²) in [6.07, 6.45) is 0. The number of aryl methyl sites for hydroxylation is 1. The average Bonchev–Trinajstić information content (AvgIpc) is 2.74. The van der Waals surface area contributed by atoms with Crippen LogP contribution in [0.4, 0.5) is 0 Å². The number of nitrogens with zero attached hydrogens (tertiary/aromatic N) is 1. The summed E-state index contributed by atoms with van der Waals surface area (Å²) in [5, 5.41) is 19.1. The highest BCUT2D eigenvalue weighted by Gasteiger charge is 2.10. The van der Waals surface area contributed by atoms with Crippen molar-refractivity contribution in [2.24, 2.45) is 0 Å². The van der Waals surface area contributed by atoms with E-state index < -0.39 is 0 Å². The minimum atomic E-state index is 0.00621. The van der Waals surface area contributed by atoms with Gasteiger partial charge in [0, 0.05) is 6.07 Å². The van der Waals surface area contributed by atoms with Gasteiger partial charge in [-0.15, -0.1) is 0 Å². The SMILES string of the molecule is Cc1cccc2[nH]c(-c3ccc(O)cc3O)nc12. The van der Waals surface area contributed by atoms with E-state index in [-0.39, 0.29) is 11.5 Å². The van der Waals surface area contributed by atoms with Crippen LogP contribution in [0.3, 0.4) is 0 Å².